The number of nitrogens with zero attached hydrogens (tertiary/aromatic N) is 5. The summed E-state index contributed by atoms with van der Waals surface area (Å²) in [5.41, 5.74) is 1.85. The second-order valence-corrected chi connectivity index (χ2v) is 6.40. The van der Waals surface area contributed by atoms with E-state index in [9.17, 15) is 0 Å². The molecule has 3 aromatic rings. The van der Waals surface area contributed by atoms with Crippen LogP contribution in [0.15, 0.2) is 24.3 Å². The van der Waals surface area contributed by atoms with Crippen molar-refractivity contribution in [2.24, 2.45) is 0 Å². The van der Waals surface area contributed by atoms with Crippen LogP contribution in [-0.2, 0) is 11.3 Å². The molecule has 23 heavy (non-hydrogen) atoms. The summed E-state index contributed by atoms with van der Waals surface area (Å²) >= 11 is 0. The summed E-state index contributed by atoms with van der Waals surface area (Å²) in [7, 11) is 0. The number of benzene rings is 1. The lowest BCUT2D eigenvalue weighted by Crippen LogP contribution is -2.45. The molecule has 1 aliphatic rings. The molecule has 0 radical (unpaired) electrons. The summed E-state index contributed by atoms with van der Waals surface area (Å²) < 4.78 is 7.88. The Morgan fingerprint density at radius 1 is 1.13 bits per heavy atom. The van der Waals surface area contributed by atoms with E-state index < -0.39 is 0 Å². The summed E-state index contributed by atoms with van der Waals surface area (Å²) in [6.45, 7) is 8.84. The Morgan fingerprint density at radius 3 is 2.65 bits per heavy atom. The van der Waals surface area contributed by atoms with E-state index in [-0.39, 0.29) is 12.2 Å². The molecule has 120 valence electrons. The summed E-state index contributed by atoms with van der Waals surface area (Å²) in [6.07, 6.45) is 0.496. The molecule has 0 bridgehead atoms. The molecule has 1 fully saturated rings. The maximum absolute atomic E-state index is 5.81. The molecule has 2 aromatic heterocycles. The molecule has 0 aliphatic carbocycles. The van der Waals surface area contributed by atoms with Gasteiger partial charge in [-0.25, -0.2) is 4.98 Å². The number of aryl methyl sites for hydroxylation is 1. The van der Waals surface area contributed by atoms with Crippen LogP contribution in [0.2, 0.25) is 0 Å². The van der Waals surface area contributed by atoms with E-state index in [0.29, 0.717) is 0 Å². The lowest BCUT2D eigenvalue weighted by molar-refractivity contribution is -0.0711. The monoisotopic (exact) mass is 311 g/mol. The fraction of sp³-hybridized carbons (Fsp3) is 0.471. The van der Waals surface area contributed by atoms with Gasteiger partial charge in [0.2, 0.25) is 0 Å². The second-order valence-electron chi connectivity index (χ2n) is 6.40. The highest BCUT2D eigenvalue weighted by Crippen LogP contribution is 2.20. The second kappa shape index (κ2) is 5.54. The van der Waals surface area contributed by atoms with Crippen LogP contribution in [0, 0.1) is 6.92 Å². The predicted octanol–water partition coefficient (Wildman–Crippen LogP) is 2.20. The van der Waals surface area contributed by atoms with Crippen LogP contribution in [0.1, 0.15) is 25.5 Å². The Bertz CT molecular complexity index is 849. The molecular formula is C17H21N5O. The van der Waals surface area contributed by atoms with Crippen molar-refractivity contribution in [2.45, 2.75) is 39.5 Å². The van der Waals surface area contributed by atoms with Crippen molar-refractivity contribution < 1.29 is 4.74 Å². The average molecular weight is 311 g/mol. The number of hydrogen-bond acceptors (Lipinski definition) is 5. The topological polar surface area (TPSA) is 55.5 Å². The molecule has 1 aliphatic heterocycles. The molecule has 6 nitrogen and oxygen atoms in total. The summed E-state index contributed by atoms with van der Waals surface area (Å²) in [5, 5.41) is 9.91. The highest BCUT2D eigenvalue weighted by atomic mass is 16.5. The first-order valence-corrected chi connectivity index (χ1v) is 8.09. The SMILES string of the molecule is Cc1nc2ccccc2c2nnc(CN3CC(C)OC(C)C3)n12. The first-order chi connectivity index (χ1) is 11.1. The van der Waals surface area contributed by atoms with E-state index in [4.69, 9.17) is 9.72 Å². The third-order valence-corrected chi connectivity index (χ3v) is 4.34. The van der Waals surface area contributed by atoms with Crippen molar-refractivity contribution in [3.63, 3.8) is 0 Å². The van der Waals surface area contributed by atoms with Gasteiger partial charge < -0.3 is 4.74 Å². The zero-order valence-corrected chi connectivity index (χ0v) is 13.7. The molecule has 6 heteroatoms. The number of morpholine rings is 1. The van der Waals surface area contributed by atoms with E-state index in [0.717, 1.165) is 47.8 Å². The van der Waals surface area contributed by atoms with Crippen LogP contribution in [-0.4, -0.2) is 49.8 Å². The van der Waals surface area contributed by atoms with Gasteiger partial charge in [-0.1, -0.05) is 12.1 Å². The van der Waals surface area contributed by atoms with Gasteiger partial charge in [-0.05, 0) is 32.9 Å². The van der Waals surface area contributed by atoms with Crippen molar-refractivity contribution in [1.82, 2.24) is 24.5 Å². The fourth-order valence-electron chi connectivity index (χ4n) is 3.53. The molecule has 1 saturated heterocycles. The maximum Gasteiger partial charge on any atom is 0.171 e. The van der Waals surface area contributed by atoms with Crippen molar-refractivity contribution in [1.29, 1.82) is 0 Å². The lowest BCUT2D eigenvalue weighted by atomic mass is 10.2. The largest absolute Gasteiger partial charge is 0.373 e. The normalized spacial score (nSPS) is 22.9. The molecule has 0 N–H and O–H groups in total. The Hall–Kier alpha value is -2.05. The molecule has 2 unspecified atom stereocenters. The van der Waals surface area contributed by atoms with E-state index in [2.05, 4.69) is 39.4 Å². The molecule has 4 rings (SSSR count). The van der Waals surface area contributed by atoms with Gasteiger partial charge in [0.15, 0.2) is 11.5 Å². The molecule has 0 amide bonds. The molecule has 3 heterocycles. The van der Waals surface area contributed by atoms with Crippen LogP contribution >= 0.6 is 0 Å². The predicted molar refractivity (Wildman–Crippen MR) is 88.3 cm³/mol. The minimum atomic E-state index is 0.248. The van der Waals surface area contributed by atoms with Gasteiger partial charge in [-0.15, -0.1) is 10.2 Å². The molecule has 2 atom stereocenters. The van der Waals surface area contributed by atoms with E-state index in [1.54, 1.807) is 0 Å². The third kappa shape index (κ3) is 2.58. The van der Waals surface area contributed by atoms with Gasteiger partial charge in [-0.2, -0.15) is 0 Å². The standard InChI is InChI=1S/C17H21N5O/c1-11-8-21(9-12(2)23-11)10-16-19-20-17-14-6-4-5-7-15(14)18-13(3)22(16)17/h4-7,11-12H,8-10H2,1-3H3. The van der Waals surface area contributed by atoms with E-state index >= 15 is 0 Å². The third-order valence-electron chi connectivity index (χ3n) is 4.34. The van der Waals surface area contributed by atoms with Gasteiger partial charge in [0, 0.05) is 18.5 Å². The molecule has 0 spiro atoms. The first-order valence-electron chi connectivity index (χ1n) is 8.09. The molecule has 1 aromatic carbocycles. The smallest absolute Gasteiger partial charge is 0.171 e. The number of ether oxygens (including phenoxy) is 1. The summed E-state index contributed by atoms with van der Waals surface area (Å²) in [5.74, 6) is 1.87. The van der Waals surface area contributed by atoms with Crippen LogP contribution in [0.3, 0.4) is 0 Å². The van der Waals surface area contributed by atoms with Crippen LogP contribution in [0.4, 0.5) is 0 Å². The van der Waals surface area contributed by atoms with Crippen molar-refractivity contribution in [3.8, 4) is 0 Å². The zero-order chi connectivity index (χ0) is 16.0. The quantitative estimate of drug-likeness (QED) is 0.726. The first kappa shape index (κ1) is 14.5. The van der Waals surface area contributed by atoms with Gasteiger partial charge in [0.25, 0.3) is 0 Å². The molecule has 0 saturated carbocycles. The van der Waals surface area contributed by atoms with Gasteiger partial charge in [0.1, 0.15) is 5.82 Å². The fourth-order valence-corrected chi connectivity index (χ4v) is 3.53. The minimum Gasteiger partial charge on any atom is -0.373 e. The Balaban J connectivity index is 1.75. The number of rotatable bonds is 2. The van der Waals surface area contributed by atoms with Crippen LogP contribution in [0.5, 0.6) is 0 Å². The summed E-state index contributed by atoms with van der Waals surface area (Å²) in [6, 6.07) is 8.08. The van der Waals surface area contributed by atoms with Crippen LogP contribution < -0.4 is 0 Å². The van der Waals surface area contributed by atoms with Gasteiger partial charge >= 0.3 is 0 Å². The van der Waals surface area contributed by atoms with Gasteiger partial charge in [-0.3, -0.25) is 9.30 Å². The van der Waals surface area contributed by atoms with Gasteiger partial charge in [0.05, 0.1) is 24.3 Å². The Kier molecular flexibility index (Phi) is 3.50. The highest BCUT2D eigenvalue weighted by molar-refractivity contribution is 5.91. The zero-order valence-electron chi connectivity index (χ0n) is 13.7. The van der Waals surface area contributed by atoms with Crippen molar-refractivity contribution in [2.75, 3.05) is 13.1 Å². The number of hydrogen-bond donors (Lipinski definition) is 0. The number of para-hydroxylation sites is 1. The number of aromatic nitrogens is 4. The highest BCUT2D eigenvalue weighted by Gasteiger charge is 2.24. The van der Waals surface area contributed by atoms with Crippen molar-refractivity contribution >= 4 is 16.6 Å². The lowest BCUT2D eigenvalue weighted by Gasteiger charge is -2.34. The minimum absolute atomic E-state index is 0.248. The summed E-state index contributed by atoms with van der Waals surface area (Å²) in [4.78, 5) is 7.08. The Morgan fingerprint density at radius 2 is 1.87 bits per heavy atom. The van der Waals surface area contributed by atoms with E-state index in [1.807, 2.05) is 25.1 Å². The average Bonchev–Trinajstić information content (AvgIpc) is 2.91. The van der Waals surface area contributed by atoms with Crippen molar-refractivity contribution in [3.05, 3.63) is 35.9 Å². The molecular weight excluding hydrogens is 290 g/mol. The van der Waals surface area contributed by atoms with E-state index in [1.165, 1.54) is 0 Å². The van der Waals surface area contributed by atoms with Crippen LogP contribution in [0.25, 0.3) is 16.6 Å². The number of fused-ring (bicyclic) bond motifs is 3. The Labute approximate surface area is 135 Å². The maximum atomic E-state index is 5.81.